The number of furan rings is 1. The first kappa shape index (κ1) is 15.7. The van der Waals surface area contributed by atoms with Gasteiger partial charge in [-0.1, -0.05) is 36.4 Å². The summed E-state index contributed by atoms with van der Waals surface area (Å²) in [5, 5.41) is 15.1. The van der Waals surface area contributed by atoms with Gasteiger partial charge in [-0.3, -0.25) is 0 Å². The quantitative estimate of drug-likeness (QED) is 0.583. The van der Waals surface area contributed by atoms with Gasteiger partial charge in [0.25, 0.3) is 0 Å². The van der Waals surface area contributed by atoms with Crippen LogP contribution in [0.2, 0.25) is 0 Å². The molecule has 0 spiro atoms. The Morgan fingerprint density at radius 3 is 2.65 bits per heavy atom. The Labute approximate surface area is 149 Å². The number of hydrogen-bond donors (Lipinski definition) is 2. The summed E-state index contributed by atoms with van der Waals surface area (Å²) in [4.78, 5) is 8.34. The van der Waals surface area contributed by atoms with Gasteiger partial charge in [-0.25, -0.2) is 4.98 Å². The highest BCUT2D eigenvalue weighted by molar-refractivity contribution is 5.83. The van der Waals surface area contributed by atoms with E-state index in [2.05, 4.69) is 45.6 Å². The first-order chi connectivity index (χ1) is 12.7. The Morgan fingerprint density at radius 1 is 1.04 bits per heavy atom. The van der Waals surface area contributed by atoms with Crippen molar-refractivity contribution in [2.75, 3.05) is 11.1 Å². The lowest BCUT2D eigenvalue weighted by molar-refractivity contribution is 0.580. The third-order valence-corrected chi connectivity index (χ3v) is 4.07. The molecular weight excluding hydrogens is 326 g/mol. The Balaban J connectivity index is 1.66. The molecule has 0 aliphatic rings. The van der Waals surface area contributed by atoms with Crippen LogP contribution in [0.5, 0.6) is 0 Å². The predicted octanol–water partition coefficient (Wildman–Crippen LogP) is 3.96. The van der Waals surface area contributed by atoms with Gasteiger partial charge in [-0.05, 0) is 34.5 Å². The van der Waals surface area contributed by atoms with E-state index < -0.39 is 0 Å². The average Bonchev–Trinajstić information content (AvgIpc) is 3.20. The highest BCUT2D eigenvalue weighted by atomic mass is 16.3. The van der Waals surface area contributed by atoms with Gasteiger partial charge >= 0.3 is 0 Å². The molecule has 0 atom stereocenters. The molecule has 4 aromatic rings. The van der Waals surface area contributed by atoms with Crippen LogP contribution in [-0.2, 0) is 6.54 Å². The number of nitrogens with two attached hydrogens (primary N) is 1. The van der Waals surface area contributed by atoms with Crippen molar-refractivity contribution >= 4 is 22.5 Å². The Morgan fingerprint density at radius 2 is 1.88 bits per heavy atom. The maximum atomic E-state index is 9.58. The fraction of sp³-hybridized carbons (Fsp3) is 0.0500. The van der Waals surface area contributed by atoms with Gasteiger partial charge < -0.3 is 15.5 Å². The lowest BCUT2D eigenvalue weighted by Crippen LogP contribution is -2.08. The predicted molar refractivity (Wildman–Crippen MR) is 100 cm³/mol. The zero-order valence-electron chi connectivity index (χ0n) is 13.8. The number of benzene rings is 2. The van der Waals surface area contributed by atoms with Gasteiger partial charge in [-0.15, -0.1) is 0 Å². The molecule has 0 aliphatic carbocycles. The first-order valence-corrected chi connectivity index (χ1v) is 8.07. The second-order valence-electron chi connectivity index (χ2n) is 5.78. The molecule has 0 bridgehead atoms. The molecule has 3 N–H and O–H groups in total. The van der Waals surface area contributed by atoms with Crippen molar-refractivity contribution in [1.29, 1.82) is 5.26 Å². The summed E-state index contributed by atoms with van der Waals surface area (Å²) >= 11 is 0. The molecule has 2 aromatic carbocycles. The van der Waals surface area contributed by atoms with E-state index in [1.807, 2.05) is 18.2 Å². The van der Waals surface area contributed by atoms with Gasteiger partial charge in [0.2, 0.25) is 5.95 Å². The van der Waals surface area contributed by atoms with E-state index in [1.54, 1.807) is 12.1 Å². The van der Waals surface area contributed by atoms with Gasteiger partial charge in [-0.2, -0.15) is 10.2 Å². The molecule has 0 saturated heterocycles. The lowest BCUT2D eigenvalue weighted by atomic mass is 10.1. The van der Waals surface area contributed by atoms with Crippen LogP contribution >= 0.6 is 0 Å². The second-order valence-corrected chi connectivity index (χ2v) is 5.78. The third kappa shape index (κ3) is 2.94. The van der Waals surface area contributed by atoms with Crippen LogP contribution < -0.4 is 11.1 Å². The summed E-state index contributed by atoms with van der Waals surface area (Å²) in [7, 11) is 0. The third-order valence-electron chi connectivity index (χ3n) is 4.07. The van der Waals surface area contributed by atoms with Crippen molar-refractivity contribution in [1.82, 2.24) is 9.97 Å². The normalized spacial score (nSPS) is 10.6. The highest BCUT2D eigenvalue weighted by Crippen LogP contribution is 2.27. The van der Waals surface area contributed by atoms with Crippen molar-refractivity contribution in [2.45, 2.75) is 6.54 Å². The van der Waals surface area contributed by atoms with Crippen LogP contribution in [0.25, 0.3) is 22.2 Å². The molecule has 2 aromatic heterocycles. The van der Waals surface area contributed by atoms with E-state index >= 15 is 0 Å². The Kier molecular flexibility index (Phi) is 3.96. The fourth-order valence-corrected chi connectivity index (χ4v) is 2.84. The topological polar surface area (TPSA) is 101 Å². The number of nitriles is 1. The number of rotatable bonds is 4. The molecule has 0 saturated carbocycles. The standard InChI is InChI=1S/C20H15N5O/c21-11-16-18(17-6-3-9-26-17)24-20(22)25-19(16)23-12-13-7-8-14-4-1-2-5-15(14)10-13/h1-10H,12H2,(H3,22,23,24,25). The minimum atomic E-state index is 0.0800. The second kappa shape index (κ2) is 6.57. The number of aromatic nitrogens is 2. The summed E-state index contributed by atoms with van der Waals surface area (Å²) < 4.78 is 5.36. The molecule has 126 valence electrons. The van der Waals surface area contributed by atoms with Crippen LogP contribution in [0.15, 0.2) is 65.3 Å². The molecule has 6 nitrogen and oxygen atoms in total. The minimum Gasteiger partial charge on any atom is -0.463 e. The van der Waals surface area contributed by atoms with Crippen molar-refractivity contribution < 1.29 is 4.42 Å². The molecule has 4 rings (SSSR count). The largest absolute Gasteiger partial charge is 0.463 e. The van der Waals surface area contributed by atoms with E-state index in [0.29, 0.717) is 29.4 Å². The average molecular weight is 341 g/mol. The smallest absolute Gasteiger partial charge is 0.222 e. The molecular formula is C20H15N5O. The molecule has 26 heavy (non-hydrogen) atoms. The summed E-state index contributed by atoms with van der Waals surface area (Å²) in [6.45, 7) is 0.508. The van der Waals surface area contributed by atoms with Gasteiger partial charge in [0.15, 0.2) is 11.6 Å². The van der Waals surface area contributed by atoms with Crippen LogP contribution in [0.4, 0.5) is 11.8 Å². The zero-order chi connectivity index (χ0) is 17.9. The summed E-state index contributed by atoms with van der Waals surface area (Å²) in [5.74, 6) is 0.945. The SMILES string of the molecule is N#Cc1c(NCc2ccc3ccccc3c2)nc(N)nc1-c1ccco1. The van der Waals surface area contributed by atoms with Crippen LogP contribution in [0.3, 0.4) is 0 Å². The number of nitrogen functional groups attached to an aromatic ring is 1. The van der Waals surface area contributed by atoms with Crippen LogP contribution in [-0.4, -0.2) is 9.97 Å². The van der Waals surface area contributed by atoms with E-state index in [9.17, 15) is 5.26 Å². The number of nitrogens with zero attached hydrogens (tertiary/aromatic N) is 3. The Bertz CT molecular complexity index is 1110. The number of hydrogen-bond acceptors (Lipinski definition) is 6. The molecule has 0 amide bonds. The van der Waals surface area contributed by atoms with Crippen molar-refractivity contribution in [3.63, 3.8) is 0 Å². The van der Waals surface area contributed by atoms with Crippen LogP contribution in [0.1, 0.15) is 11.1 Å². The maximum absolute atomic E-state index is 9.58. The summed E-state index contributed by atoms with van der Waals surface area (Å²) in [6, 6.07) is 20.0. The highest BCUT2D eigenvalue weighted by Gasteiger charge is 2.17. The van der Waals surface area contributed by atoms with Crippen LogP contribution in [0, 0.1) is 11.3 Å². The number of anilines is 2. The Hall–Kier alpha value is -3.85. The molecule has 0 radical (unpaired) electrons. The van der Waals surface area contributed by atoms with Crippen molar-refractivity contribution in [2.24, 2.45) is 0 Å². The molecule has 0 unspecified atom stereocenters. The monoisotopic (exact) mass is 341 g/mol. The van der Waals surface area contributed by atoms with E-state index in [-0.39, 0.29) is 5.95 Å². The van der Waals surface area contributed by atoms with Gasteiger partial charge in [0.1, 0.15) is 17.3 Å². The van der Waals surface area contributed by atoms with E-state index in [0.717, 1.165) is 10.9 Å². The minimum absolute atomic E-state index is 0.0800. The van der Waals surface area contributed by atoms with E-state index in [4.69, 9.17) is 10.2 Å². The number of fused-ring (bicyclic) bond motifs is 1. The summed E-state index contributed by atoms with van der Waals surface area (Å²) in [6.07, 6.45) is 1.52. The molecule has 0 aliphatic heterocycles. The molecule has 6 heteroatoms. The molecule has 2 heterocycles. The number of nitrogens with one attached hydrogen (secondary N) is 1. The summed E-state index contributed by atoms with van der Waals surface area (Å²) in [5.41, 5.74) is 7.57. The molecule has 0 fully saturated rings. The maximum Gasteiger partial charge on any atom is 0.222 e. The van der Waals surface area contributed by atoms with Crippen molar-refractivity contribution in [3.8, 4) is 17.5 Å². The zero-order valence-corrected chi connectivity index (χ0v) is 13.8. The van der Waals surface area contributed by atoms with Gasteiger partial charge in [0, 0.05) is 6.54 Å². The van der Waals surface area contributed by atoms with Crippen molar-refractivity contribution in [3.05, 3.63) is 72.0 Å². The lowest BCUT2D eigenvalue weighted by Gasteiger charge is -2.11. The fourth-order valence-electron chi connectivity index (χ4n) is 2.84. The first-order valence-electron chi connectivity index (χ1n) is 8.07. The van der Waals surface area contributed by atoms with E-state index in [1.165, 1.54) is 11.6 Å². The van der Waals surface area contributed by atoms with Gasteiger partial charge in [0.05, 0.1) is 6.26 Å².